The van der Waals surface area contributed by atoms with Crippen LogP contribution in [0.2, 0.25) is 0 Å². The van der Waals surface area contributed by atoms with Gasteiger partial charge in [-0.3, -0.25) is 9.78 Å². The lowest BCUT2D eigenvalue weighted by Gasteiger charge is -2.36. The lowest BCUT2D eigenvalue weighted by atomic mass is 10.2. The number of pyridine rings is 1. The van der Waals surface area contributed by atoms with Crippen LogP contribution in [-0.2, 0) is 0 Å². The van der Waals surface area contributed by atoms with Crippen LogP contribution in [0.5, 0.6) is 0 Å². The summed E-state index contributed by atoms with van der Waals surface area (Å²) in [5.41, 5.74) is 0.645. The van der Waals surface area contributed by atoms with Gasteiger partial charge in [0.05, 0.1) is 5.56 Å². The number of likely N-dealkylation sites (N-methyl/N-ethyl adjacent to an activating group) is 1. The van der Waals surface area contributed by atoms with Crippen LogP contribution in [0.1, 0.15) is 16.2 Å². The van der Waals surface area contributed by atoms with Gasteiger partial charge in [-0.1, -0.05) is 0 Å². The van der Waals surface area contributed by atoms with Gasteiger partial charge >= 0.3 is 0 Å². The Hall–Kier alpha value is -2.74. The second-order valence-corrected chi connectivity index (χ2v) is 7.44. The average molecular weight is 381 g/mol. The van der Waals surface area contributed by atoms with Crippen LogP contribution in [0.25, 0.3) is 0 Å². The lowest BCUT2D eigenvalue weighted by Crippen LogP contribution is -2.49. The van der Waals surface area contributed by atoms with Crippen LogP contribution in [0.15, 0.2) is 30.6 Å². The second-order valence-electron chi connectivity index (χ2n) is 7.44. The molecule has 1 amide bonds. The van der Waals surface area contributed by atoms with Crippen LogP contribution >= 0.6 is 0 Å². The van der Waals surface area contributed by atoms with Gasteiger partial charge in [0.25, 0.3) is 5.91 Å². The van der Waals surface area contributed by atoms with Crippen molar-refractivity contribution in [3.63, 3.8) is 0 Å². The number of hydrogen-bond donors (Lipinski definition) is 0. The maximum absolute atomic E-state index is 12.6. The predicted molar refractivity (Wildman–Crippen MR) is 109 cm³/mol. The van der Waals surface area contributed by atoms with E-state index in [9.17, 15) is 4.79 Å². The molecule has 0 N–H and O–H groups in total. The van der Waals surface area contributed by atoms with Crippen molar-refractivity contribution < 1.29 is 4.79 Å². The summed E-state index contributed by atoms with van der Waals surface area (Å²) in [6, 6.07) is 5.71. The Bertz CT molecular complexity index is 813. The lowest BCUT2D eigenvalue weighted by molar-refractivity contribution is 0.0746. The molecule has 2 saturated heterocycles. The number of nitrogens with zero attached hydrogens (tertiary/aromatic N) is 7. The number of hydrogen-bond acceptors (Lipinski definition) is 7. The first-order valence-electron chi connectivity index (χ1n) is 9.83. The third-order valence-corrected chi connectivity index (χ3v) is 5.44. The highest BCUT2D eigenvalue weighted by molar-refractivity contribution is 5.94. The molecule has 4 heterocycles. The van der Waals surface area contributed by atoms with Crippen molar-refractivity contribution in [3.05, 3.63) is 42.0 Å². The van der Waals surface area contributed by atoms with Crippen molar-refractivity contribution in [1.82, 2.24) is 24.8 Å². The maximum Gasteiger partial charge on any atom is 0.255 e. The fourth-order valence-electron chi connectivity index (χ4n) is 3.71. The van der Waals surface area contributed by atoms with Crippen LogP contribution in [0, 0.1) is 6.92 Å². The molecule has 2 fully saturated rings. The smallest absolute Gasteiger partial charge is 0.255 e. The molecule has 28 heavy (non-hydrogen) atoms. The Morgan fingerprint density at radius 3 is 2.11 bits per heavy atom. The molecule has 0 saturated carbocycles. The number of anilines is 2. The number of carbonyl (C=O) groups is 1. The van der Waals surface area contributed by atoms with Crippen molar-refractivity contribution in [3.8, 4) is 0 Å². The number of piperazine rings is 2. The van der Waals surface area contributed by atoms with Gasteiger partial charge < -0.3 is 19.6 Å². The van der Waals surface area contributed by atoms with Gasteiger partial charge in [0, 0.05) is 70.8 Å². The molecule has 0 aromatic carbocycles. The molecule has 0 aliphatic carbocycles. The molecule has 2 aliphatic rings. The van der Waals surface area contributed by atoms with E-state index in [1.165, 1.54) is 0 Å². The van der Waals surface area contributed by atoms with E-state index in [0.29, 0.717) is 18.7 Å². The Morgan fingerprint density at radius 2 is 1.54 bits per heavy atom. The molecule has 4 rings (SSSR count). The molecule has 0 unspecified atom stereocenters. The zero-order chi connectivity index (χ0) is 19.5. The Labute approximate surface area is 165 Å². The van der Waals surface area contributed by atoms with E-state index in [1.54, 1.807) is 18.5 Å². The normalized spacial score (nSPS) is 18.4. The third-order valence-electron chi connectivity index (χ3n) is 5.44. The standard InChI is InChI=1S/C20H27N7O/c1-16-22-18(25-8-6-24(2)7-9-25)14-19(23-16)26-10-12-27(13-11-26)20(28)17-4-3-5-21-15-17/h3-5,14-15H,6-13H2,1-2H3. The molecule has 0 spiro atoms. The quantitative estimate of drug-likeness (QED) is 0.782. The molecule has 2 aromatic heterocycles. The number of aryl methyl sites for hydroxylation is 1. The summed E-state index contributed by atoms with van der Waals surface area (Å²) in [7, 11) is 2.15. The minimum Gasteiger partial charge on any atom is -0.354 e. The van der Waals surface area contributed by atoms with Crippen molar-refractivity contribution in [2.45, 2.75) is 6.92 Å². The van der Waals surface area contributed by atoms with Crippen molar-refractivity contribution >= 4 is 17.5 Å². The van der Waals surface area contributed by atoms with E-state index in [0.717, 1.165) is 56.7 Å². The van der Waals surface area contributed by atoms with Crippen LogP contribution < -0.4 is 9.80 Å². The molecule has 0 atom stereocenters. The molecule has 8 nitrogen and oxygen atoms in total. The zero-order valence-electron chi connectivity index (χ0n) is 16.6. The summed E-state index contributed by atoms with van der Waals surface area (Å²) in [6.45, 7) is 8.92. The largest absolute Gasteiger partial charge is 0.354 e. The summed E-state index contributed by atoms with van der Waals surface area (Å²) in [5.74, 6) is 2.80. The van der Waals surface area contributed by atoms with Gasteiger partial charge in [0.2, 0.25) is 0 Å². The van der Waals surface area contributed by atoms with Gasteiger partial charge in [-0.15, -0.1) is 0 Å². The van der Waals surface area contributed by atoms with E-state index in [1.807, 2.05) is 17.9 Å². The van der Waals surface area contributed by atoms with Crippen LogP contribution in [-0.4, -0.2) is 90.1 Å². The van der Waals surface area contributed by atoms with E-state index in [4.69, 9.17) is 0 Å². The highest BCUT2D eigenvalue weighted by Crippen LogP contribution is 2.22. The minimum atomic E-state index is 0.0461. The molecule has 148 valence electrons. The molecule has 0 bridgehead atoms. The topological polar surface area (TPSA) is 68.7 Å². The molecular formula is C20H27N7O. The van der Waals surface area contributed by atoms with Gasteiger partial charge in [-0.25, -0.2) is 9.97 Å². The van der Waals surface area contributed by atoms with Gasteiger partial charge in [-0.05, 0) is 26.1 Å². The Kier molecular flexibility index (Phi) is 5.38. The third kappa shape index (κ3) is 4.06. The fraction of sp³-hybridized carbons (Fsp3) is 0.500. The van der Waals surface area contributed by atoms with E-state index in [-0.39, 0.29) is 5.91 Å². The number of carbonyl (C=O) groups excluding carboxylic acids is 1. The SMILES string of the molecule is Cc1nc(N2CCN(C)CC2)cc(N2CCN(C(=O)c3cccnc3)CC2)n1. The zero-order valence-corrected chi connectivity index (χ0v) is 16.6. The molecule has 2 aliphatic heterocycles. The summed E-state index contributed by atoms with van der Waals surface area (Å²) in [5, 5.41) is 0. The summed E-state index contributed by atoms with van der Waals surface area (Å²) in [4.78, 5) is 34.8. The van der Waals surface area contributed by atoms with Crippen LogP contribution in [0.3, 0.4) is 0 Å². The molecular weight excluding hydrogens is 354 g/mol. The predicted octanol–water partition coefficient (Wildman–Crippen LogP) is 0.894. The number of aromatic nitrogens is 3. The number of rotatable bonds is 3. The average Bonchev–Trinajstić information content (AvgIpc) is 2.74. The van der Waals surface area contributed by atoms with Crippen LogP contribution in [0.4, 0.5) is 11.6 Å². The first-order chi connectivity index (χ1) is 13.6. The second kappa shape index (κ2) is 8.10. The molecule has 2 aromatic rings. The fourth-order valence-corrected chi connectivity index (χ4v) is 3.71. The highest BCUT2D eigenvalue weighted by Gasteiger charge is 2.24. The van der Waals surface area contributed by atoms with Crippen molar-refractivity contribution in [2.24, 2.45) is 0 Å². The maximum atomic E-state index is 12.6. The first-order valence-corrected chi connectivity index (χ1v) is 9.83. The number of amides is 1. The summed E-state index contributed by atoms with van der Waals surface area (Å²) < 4.78 is 0. The van der Waals surface area contributed by atoms with E-state index >= 15 is 0 Å². The van der Waals surface area contributed by atoms with Gasteiger partial charge in [0.15, 0.2) is 0 Å². The van der Waals surface area contributed by atoms with E-state index < -0.39 is 0 Å². The van der Waals surface area contributed by atoms with Crippen molar-refractivity contribution in [1.29, 1.82) is 0 Å². The molecule has 8 heteroatoms. The van der Waals surface area contributed by atoms with E-state index in [2.05, 4.69) is 42.8 Å². The summed E-state index contributed by atoms with van der Waals surface area (Å²) in [6.07, 6.45) is 3.31. The Morgan fingerprint density at radius 1 is 0.929 bits per heavy atom. The highest BCUT2D eigenvalue weighted by atomic mass is 16.2. The van der Waals surface area contributed by atoms with Gasteiger partial charge in [-0.2, -0.15) is 0 Å². The first kappa shape index (κ1) is 18.6. The monoisotopic (exact) mass is 381 g/mol. The van der Waals surface area contributed by atoms with Crippen molar-refractivity contribution in [2.75, 3.05) is 69.2 Å². The minimum absolute atomic E-state index is 0.0461. The summed E-state index contributed by atoms with van der Waals surface area (Å²) >= 11 is 0. The van der Waals surface area contributed by atoms with Gasteiger partial charge in [0.1, 0.15) is 17.5 Å². The molecule has 0 radical (unpaired) electrons. The Balaban J connectivity index is 1.42.